The number of hydrogen-bond acceptors (Lipinski definition) is 6. The van der Waals surface area contributed by atoms with Gasteiger partial charge in [-0.05, 0) is 6.92 Å². The van der Waals surface area contributed by atoms with Gasteiger partial charge in [-0.15, -0.1) is 0 Å². The summed E-state index contributed by atoms with van der Waals surface area (Å²) in [6.45, 7) is 3.91. The lowest BCUT2D eigenvalue weighted by Crippen LogP contribution is -2.28. The van der Waals surface area contributed by atoms with Crippen molar-refractivity contribution in [3.8, 4) is 6.07 Å². The van der Waals surface area contributed by atoms with Crippen molar-refractivity contribution in [3.05, 3.63) is 5.82 Å². The molecule has 0 fully saturated rings. The molecule has 0 aliphatic rings. The van der Waals surface area contributed by atoms with Gasteiger partial charge in [0.2, 0.25) is 5.13 Å². The van der Waals surface area contributed by atoms with Crippen LogP contribution in [0.2, 0.25) is 0 Å². The summed E-state index contributed by atoms with van der Waals surface area (Å²) in [6.07, 6.45) is 0.488. The molecule has 1 aromatic heterocycles. The Kier molecular flexibility index (Phi) is 5.01. The van der Waals surface area contributed by atoms with E-state index in [0.29, 0.717) is 19.6 Å². The van der Waals surface area contributed by atoms with E-state index in [-0.39, 0.29) is 0 Å². The maximum absolute atomic E-state index is 8.55. The molecule has 0 aliphatic carbocycles. The summed E-state index contributed by atoms with van der Waals surface area (Å²) < 4.78 is 9.13. The Morgan fingerprint density at radius 3 is 2.87 bits per heavy atom. The van der Waals surface area contributed by atoms with E-state index < -0.39 is 0 Å². The first-order chi connectivity index (χ1) is 7.27. The second-order valence-corrected chi connectivity index (χ2v) is 3.74. The minimum absolute atomic E-state index is 0.488. The molecule has 5 nitrogen and oxygen atoms in total. The molecule has 0 aromatic carbocycles. The van der Waals surface area contributed by atoms with Crippen LogP contribution in [-0.4, -0.2) is 36.2 Å². The van der Waals surface area contributed by atoms with Gasteiger partial charge in [0.1, 0.15) is 5.82 Å². The van der Waals surface area contributed by atoms with Crippen LogP contribution in [0, 0.1) is 18.3 Å². The smallest absolute Gasteiger partial charge is 0.205 e. The lowest BCUT2D eigenvalue weighted by molar-refractivity contribution is 0.205. The lowest BCUT2D eigenvalue weighted by atomic mass is 10.4. The SMILES string of the molecule is COCCN(CCC#N)c1nc(C)ns1. The number of nitrogens with zero attached hydrogens (tertiary/aromatic N) is 4. The van der Waals surface area contributed by atoms with Gasteiger partial charge >= 0.3 is 0 Å². The number of nitriles is 1. The normalized spacial score (nSPS) is 9.93. The Bertz CT molecular complexity index is 333. The standard InChI is InChI=1S/C9H14N4OS/c1-8-11-9(15-12-8)13(5-3-4-10)6-7-14-2/h3,5-7H2,1-2H3. The minimum Gasteiger partial charge on any atom is -0.383 e. The first-order valence-electron chi connectivity index (χ1n) is 4.69. The first kappa shape index (κ1) is 11.9. The fourth-order valence-corrected chi connectivity index (χ4v) is 1.83. The van der Waals surface area contributed by atoms with Crippen LogP contribution < -0.4 is 4.90 Å². The Balaban J connectivity index is 2.59. The van der Waals surface area contributed by atoms with E-state index in [2.05, 4.69) is 15.4 Å². The highest BCUT2D eigenvalue weighted by Crippen LogP contribution is 2.16. The average molecular weight is 226 g/mol. The van der Waals surface area contributed by atoms with E-state index in [1.54, 1.807) is 7.11 Å². The fourth-order valence-electron chi connectivity index (χ4n) is 1.10. The quantitative estimate of drug-likeness (QED) is 0.729. The van der Waals surface area contributed by atoms with Gasteiger partial charge < -0.3 is 9.64 Å². The highest BCUT2D eigenvalue weighted by atomic mass is 32.1. The third kappa shape index (κ3) is 3.81. The number of hydrogen-bond donors (Lipinski definition) is 0. The minimum atomic E-state index is 0.488. The number of aromatic nitrogens is 2. The zero-order valence-electron chi connectivity index (χ0n) is 8.93. The Morgan fingerprint density at radius 1 is 1.53 bits per heavy atom. The monoisotopic (exact) mass is 226 g/mol. The van der Waals surface area contributed by atoms with Crippen molar-refractivity contribution in [1.29, 1.82) is 5.26 Å². The first-order valence-corrected chi connectivity index (χ1v) is 5.46. The van der Waals surface area contributed by atoms with Gasteiger partial charge in [0.05, 0.1) is 19.1 Å². The Morgan fingerprint density at radius 2 is 2.33 bits per heavy atom. The zero-order valence-corrected chi connectivity index (χ0v) is 9.75. The van der Waals surface area contributed by atoms with E-state index in [0.717, 1.165) is 17.5 Å². The molecular formula is C9H14N4OS. The number of aryl methyl sites for hydroxylation is 1. The van der Waals surface area contributed by atoms with Crippen molar-refractivity contribution in [1.82, 2.24) is 9.36 Å². The molecule has 82 valence electrons. The number of anilines is 1. The molecule has 0 bridgehead atoms. The predicted molar refractivity (Wildman–Crippen MR) is 59.0 cm³/mol. The molecule has 0 spiro atoms. The van der Waals surface area contributed by atoms with Crippen molar-refractivity contribution in [2.45, 2.75) is 13.3 Å². The van der Waals surface area contributed by atoms with Crippen molar-refractivity contribution in [3.63, 3.8) is 0 Å². The summed E-state index contributed by atoms with van der Waals surface area (Å²) >= 11 is 1.36. The van der Waals surface area contributed by atoms with Crippen LogP contribution in [0.1, 0.15) is 12.2 Å². The molecule has 1 aromatic rings. The average Bonchev–Trinajstić information content (AvgIpc) is 2.65. The fraction of sp³-hybridized carbons (Fsp3) is 0.667. The van der Waals surface area contributed by atoms with Crippen molar-refractivity contribution in [2.75, 3.05) is 31.7 Å². The summed E-state index contributed by atoms with van der Waals surface area (Å²) in [5, 5.41) is 9.41. The molecule has 0 atom stereocenters. The molecular weight excluding hydrogens is 212 g/mol. The second-order valence-electron chi connectivity index (χ2n) is 3.01. The van der Waals surface area contributed by atoms with Crippen LogP contribution in [0.3, 0.4) is 0 Å². The van der Waals surface area contributed by atoms with Gasteiger partial charge in [0.15, 0.2) is 0 Å². The van der Waals surface area contributed by atoms with Crippen molar-refractivity contribution < 1.29 is 4.74 Å². The van der Waals surface area contributed by atoms with E-state index in [1.165, 1.54) is 11.5 Å². The highest BCUT2D eigenvalue weighted by molar-refractivity contribution is 7.09. The number of methoxy groups -OCH3 is 1. The van der Waals surface area contributed by atoms with E-state index in [9.17, 15) is 0 Å². The highest BCUT2D eigenvalue weighted by Gasteiger charge is 2.10. The van der Waals surface area contributed by atoms with E-state index in [4.69, 9.17) is 10.00 Å². The van der Waals surface area contributed by atoms with E-state index >= 15 is 0 Å². The molecule has 0 radical (unpaired) electrons. The molecule has 1 rings (SSSR count). The van der Waals surface area contributed by atoms with Crippen LogP contribution in [0.4, 0.5) is 5.13 Å². The molecule has 1 heterocycles. The molecule has 6 heteroatoms. The zero-order chi connectivity index (χ0) is 11.1. The summed E-state index contributed by atoms with van der Waals surface area (Å²) in [4.78, 5) is 6.31. The van der Waals surface area contributed by atoms with Gasteiger partial charge in [0.25, 0.3) is 0 Å². The van der Waals surface area contributed by atoms with Crippen molar-refractivity contribution >= 4 is 16.7 Å². The Labute approximate surface area is 93.5 Å². The molecule has 0 amide bonds. The van der Waals surface area contributed by atoms with Gasteiger partial charge in [-0.1, -0.05) is 0 Å². The molecule has 15 heavy (non-hydrogen) atoms. The maximum atomic E-state index is 8.55. The van der Waals surface area contributed by atoms with Crippen molar-refractivity contribution in [2.24, 2.45) is 0 Å². The van der Waals surface area contributed by atoms with Gasteiger partial charge in [0, 0.05) is 31.7 Å². The van der Waals surface area contributed by atoms with Gasteiger partial charge in [-0.25, -0.2) is 4.98 Å². The number of rotatable bonds is 6. The second kappa shape index (κ2) is 6.32. The number of ether oxygens (including phenoxy) is 1. The van der Waals surface area contributed by atoms with Crippen LogP contribution in [0.5, 0.6) is 0 Å². The van der Waals surface area contributed by atoms with Gasteiger partial charge in [-0.3, -0.25) is 0 Å². The Hall–Kier alpha value is -1.19. The summed E-state index contributed by atoms with van der Waals surface area (Å²) in [5.74, 6) is 0.773. The summed E-state index contributed by atoms with van der Waals surface area (Å²) in [5.41, 5.74) is 0. The predicted octanol–water partition coefficient (Wildman–Crippen LogP) is 1.21. The molecule has 0 saturated carbocycles. The topological polar surface area (TPSA) is 62.0 Å². The van der Waals surface area contributed by atoms with E-state index in [1.807, 2.05) is 11.8 Å². The van der Waals surface area contributed by atoms with Crippen LogP contribution in [-0.2, 0) is 4.74 Å². The third-order valence-electron chi connectivity index (χ3n) is 1.85. The maximum Gasteiger partial charge on any atom is 0.205 e. The largest absolute Gasteiger partial charge is 0.383 e. The summed E-state index contributed by atoms with van der Waals surface area (Å²) in [7, 11) is 1.66. The van der Waals surface area contributed by atoms with Crippen LogP contribution in [0.25, 0.3) is 0 Å². The van der Waals surface area contributed by atoms with Crippen LogP contribution in [0.15, 0.2) is 0 Å². The molecule has 0 saturated heterocycles. The third-order valence-corrected chi connectivity index (χ3v) is 2.71. The molecule has 0 aliphatic heterocycles. The van der Waals surface area contributed by atoms with Crippen LogP contribution >= 0.6 is 11.5 Å². The van der Waals surface area contributed by atoms with Gasteiger partial charge in [-0.2, -0.15) is 9.64 Å². The lowest BCUT2D eigenvalue weighted by Gasteiger charge is -2.19. The molecule has 0 unspecified atom stereocenters. The molecule has 0 N–H and O–H groups in total. The summed E-state index contributed by atoms with van der Waals surface area (Å²) in [6, 6.07) is 2.13.